The minimum atomic E-state index is 0.671. The van der Waals surface area contributed by atoms with E-state index in [4.69, 9.17) is 0 Å². The Morgan fingerprint density at radius 1 is 1.86 bits per heavy atom. The molecule has 1 heterocycles. The first-order valence-corrected chi connectivity index (χ1v) is 2.80. The van der Waals surface area contributed by atoms with Crippen molar-refractivity contribution in [1.29, 1.82) is 0 Å². The molecule has 1 heteroatoms. The smallest absolute Gasteiger partial charge is 0.0651 e. The number of nitrogens with one attached hydrogen (secondary N) is 1. The Labute approximate surface area is 44.4 Å². The van der Waals surface area contributed by atoms with Crippen LogP contribution in [-0.2, 0) is 0 Å². The molecule has 0 aliphatic carbocycles. The van der Waals surface area contributed by atoms with E-state index in [9.17, 15) is 0 Å². The Morgan fingerprint density at radius 3 is 2.57 bits per heavy atom. The first kappa shape index (κ1) is 4.69. The zero-order valence-corrected chi connectivity index (χ0v) is 4.70. The summed E-state index contributed by atoms with van der Waals surface area (Å²) < 4.78 is 0. The van der Waals surface area contributed by atoms with Crippen LogP contribution in [0.4, 0.5) is 0 Å². The van der Waals surface area contributed by atoms with Crippen molar-refractivity contribution in [3.63, 3.8) is 0 Å². The quantitative estimate of drug-likeness (QED) is 0.515. The van der Waals surface area contributed by atoms with Crippen molar-refractivity contribution < 1.29 is 0 Å². The second-order valence-electron chi connectivity index (χ2n) is 2.01. The van der Waals surface area contributed by atoms with Crippen LogP contribution in [0.25, 0.3) is 0 Å². The van der Waals surface area contributed by atoms with Gasteiger partial charge in [0.05, 0.1) is 6.04 Å². The van der Waals surface area contributed by atoms with Crippen LogP contribution in [0.3, 0.4) is 0 Å². The topological polar surface area (TPSA) is 21.9 Å². The van der Waals surface area contributed by atoms with Crippen LogP contribution in [0.1, 0.15) is 19.8 Å². The monoisotopic (exact) mass is 97.1 g/mol. The van der Waals surface area contributed by atoms with Gasteiger partial charge in [0.15, 0.2) is 0 Å². The Morgan fingerprint density at radius 2 is 2.43 bits per heavy atom. The first-order chi connectivity index (χ1) is 3.34. The molecule has 0 radical (unpaired) electrons. The van der Waals surface area contributed by atoms with Crippen LogP contribution < -0.4 is 5.32 Å². The summed E-state index contributed by atoms with van der Waals surface area (Å²) in [6, 6.07) is 0.671. The molecule has 0 bridgehead atoms. The second-order valence-corrected chi connectivity index (χ2v) is 2.01. The van der Waals surface area contributed by atoms with Gasteiger partial charge in [-0.2, -0.15) is 0 Å². The maximum absolute atomic E-state index is 3.76. The predicted molar refractivity (Wildman–Crippen MR) is 31.0 cm³/mol. The Hall–Kier alpha value is -0.460. The van der Waals surface area contributed by atoms with E-state index in [-0.39, 0.29) is 0 Å². The molecule has 1 atom stereocenters. The largest absolute Gasteiger partial charge is 0.379 e. The van der Waals surface area contributed by atoms with Crippen molar-refractivity contribution in [1.82, 2.24) is 5.32 Å². The lowest BCUT2D eigenvalue weighted by Gasteiger charge is -1.81. The van der Waals surface area contributed by atoms with Gasteiger partial charge in [-0.15, -0.1) is 0 Å². The van der Waals surface area contributed by atoms with Gasteiger partial charge in [-0.05, 0) is 6.42 Å². The second kappa shape index (κ2) is 1.57. The van der Waals surface area contributed by atoms with Gasteiger partial charge in [0.1, 0.15) is 0 Å². The number of hydrogen-bond donors (Lipinski definition) is 1. The Bertz CT molecular complexity index is 86.2. The highest BCUT2D eigenvalue weighted by molar-refractivity contribution is 5.19. The van der Waals surface area contributed by atoms with Gasteiger partial charge >= 0.3 is 0 Å². The predicted octanol–water partition coefficient (Wildman–Crippen LogP) is 1.27. The summed E-state index contributed by atoms with van der Waals surface area (Å²) in [4.78, 5) is 0. The lowest BCUT2D eigenvalue weighted by Crippen LogP contribution is -1.85. The van der Waals surface area contributed by atoms with E-state index in [0.29, 0.717) is 6.04 Å². The highest BCUT2D eigenvalue weighted by Crippen LogP contribution is 2.17. The van der Waals surface area contributed by atoms with Crippen molar-refractivity contribution in [3.05, 3.63) is 12.3 Å². The molecule has 0 saturated carbocycles. The van der Waals surface area contributed by atoms with E-state index in [2.05, 4.69) is 18.8 Å². The van der Waals surface area contributed by atoms with Crippen molar-refractivity contribution >= 4 is 0 Å². The summed E-state index contributed by atoms with van der Waals surface area (Å²) in [6.45, 7) is 5.94. The normalized spacial score (nSPS) is 27.0. The van der Waals surface area contributed by atoms with E-state index in [1.165, 1.54) is 18.5 Å². The summed E-state index contributed by atoms with van der Waals surface area (Å²) in [5.74, 6) is 0. The molecule has 1 fully saturated rings. The van der Waals surface area contributed by atoms with E-state index in [1.807, 2.05) is 0 Å². The summed E-state index contributed by atoms with van der Waals surface area (Å²) in [5.41, 5.74) is 1.22. The molecule has 1 saturated heterocycles. The molecule has 7 heavy (non-hydrogen) atoms. The number of hydrogen-bond acceptors (Lipinski definition) is 1. The maximum atomic E-state index is 3.76. The lowest BCUT2D eigenvalue weighted by molar-refractivity contribution is 0.783. The third-order valence-electron chi connectivity index (χ3n) is 1.27. The highest BCUT2D eigenvalue weighted by atomic mass is 15.1. The van der Waals surface area contributed by atoms with E-state index in [1.54, 1.807) is 0 Å². The van der Waals surface area contributed by atoms with E-state index in [0.717, 1.165) is 0 Å². The minimum Gasteiger partial charge on any atom is -0.379 e. The molecule has 1 aliphatic rings. The van der Waals surface area contributed by atoms with Gasteiger partial charge in [-0.3, -0.25) is 0 Å². The van der Waals surface area contributed by atoms with Crippen molar-refractivity contribution in [2.24, 2.45) is 0 Å². The molecule has 0 spiro atoms. The van der Waals surface area contributed by atoms with Gasteiger partial charge in [-0.25, -0.2) is 0 Å². The zero-order chi connectivity index (χ0) is 5.28. The molecular formula is C6H11N. The molecule has 0 unspecified atom stereocenters. The molecule has 1 aliphatic heterocycles. The fourth-order valence-electron chi connectivity index (χ4n) is 0.717. The third kappa shape index (κ3) is 0.952. The standard InChI is InChI=1S/C6H11N/c1-3-4-6-5(2)7-6/h6-7H,2-4H2,1H3/t6-/m0/s1. The van der Waals surface area contributed by atoms with Gasteiger partial charge < -0.3 is 5.32 Å². The number of rotatable bonds is 2. The van der Waals surface area contributed by atoms with E-state index < -0.39 is 0 Å². The third-order valence-corrected chi connectivity index (χ3v) is 1.27. The van der Waals surface area contributed by atoms with Crippen LogP contribution in [0.15, 0.2) is 12.3 Å². The van der Waals surface area contributed by atoms with Gasteiger partial charge in [-0.1, -0.05) is 19.9 Å². The average Bonchev–Trinajstić information content (AvgIpc) is 2.22. The molecule has 0 aromatic rings. The summed E-state index contributed by atoms with van der Waals surface area (Å²) in [6.07, 6.45) is 2.52. The van der Waals surface area contributed by atoms with Crippen molar-refractivity contribution in [2.75, 3.05) is 0 Å². The van der Waals surface area contributed by atoms with Crippen molar-refractivity contribution in [3.8, 4) is 0 Å². The minimum absolute atomic E-state index is 0.671. The summed E-state index contributed by atoms with van der Waals surface area (Å²) in [5, 5.41) is 3.14. The van der Waals surface area contributed by atoms with Crippen LogP contribution in [0, 0.1) is 0 Å². The Balaban J connectivity index is 2.09. The molecule has 1 N–H and O–H groups in total. The van der Waals surface area contributed by atoms with Gasteiger partial charge in [0.25, 0.3) is 0 Å². The fourth-order valence-corrected chi connectivity index (χ4v) is 0.717. The fraction of sp³-hybridized carbons (Fsp3) is 0.667. The molecular weight excluding hydrogens is 86.1 g/mol. The average molecular weight is 97.2 g/mol. The molecule has 40 valence electrons. The molecule has 0 aromatic heterocycles. The Kier molecular flexibility index (Phi) is 1.05. The van der Waals surface area contributed by atoms with Crippen LogP contribution in [0.2, 0.25) is 0 Å². The SMILES string of the molecule is C=C1N[C@H]1CCC. The summed E-state index contributed by atoms with van der Waals surface area (Å²) >= 11 is 0. The van der Waals surface area contributed by atoms with E-state index >= 15 is 0 Å². The van der Waals surface area contributed by atoms with Crippen LogP contribution >= 0.6 is 0 Å². The van der Waals surface area contributed by atoms with Crippen molar-refractivity contribution in [2.45, 2.75) is 25.8 Å². The van der Waals surface area contributed by atoms with Crippen LogP contribution in [-0.4, -0.2) is 6.04 Å². The first-order valence-electron chi connectivity index (χ1n) is 2.80. The molecule has 1 nitrogen and oxygen atoms in total. The maximum Gasteiger partial charge on any atom is 0.0651 e. The summed E-state index contributed by atoms with van der Waals surface area (Å²) in [7, 11) is 0. The molecule has 1 rings (SSSR count). The zero-order valence-electron chi connectivity index (χ0n) is 4.70. The highest BCUT2D eigenvalue weighted by Gasteiger charge is 2.23. The lowest BCUT2D eigenvalue weighted by atomic mass is 10.2. The van der Waals surface area contributed by atoms with Gasteiger partial charge in [0.2, 0.25) is 0 Å². The van der Waals surface area contributed by atoms with Crippen LogP contribution in [0.5, 0.6) is 0 Å². The molecule has 0 amide bonds. The van der Waals surface area contributed by atoms with Gasteiger partial charge in [0, 0.05) is 5.70 Å². The molecule has 0 aromatic carbocycles.